The second-order valence-electron chi connectivity index (χ2n) is 3.37. The number of hydrogen-bond donors (Lipinski definition) is 0. The van der Waals surface area contributed by atoms with Crippen molar-refractivity contribution in [3.8, 4) is 17.6 Å². The molecule has 1 aliphatic heterocycles. The molecule has 3 nitrogen and oxygen atoms in total. The SMILES string of the molecule is N#CC(Cl)c1cc(Cl)c2c(c1)OCCCO2. The highest BCUT2D eigenvalue weighted by molar-refractivity contribution is 6.32. The van der Waals surface area contributed by atoms with Crippen LogP contribution in [0.25, 0.3) is 0 Å². The molecule has 0 spiro atoms. The minimum Gasteiger partial charge on any atom is -0.489 e. The Morgan fingerprint density at radius 3 is 2.81 bits per heavy atom. The summed E-state index contributed by atoms with van der Waals surface area (Å²) in [6.45, 7) is 1.15. The highest BCUT2D eigenvalue weighted by Crippen LogP contribution is 2.40. The molecule has 1 heterocycles. The molecule has 0 bridgehead atoms. The van der Waals surface area contributed by atoms with E-state index in [1.54, 1.807) is 12.1 Å². The maximum atomic E-state index is 8.74. The largest absolute Gasteiger partial charge is 0.489 e. The molecule has 1 aromatic carbocycles. The Kier molecular flexibility index (Phi) is 3.42. The monoisotopic (exact) mass is 257 g/mol. The molecule has 0 saturated heterocycles. The van der Waals surface area contributed by atoms with E-state index in [-0.39, 0.29) is 0 Å². The summed E-state index contributed by atoms with van der Waals surface area (Å²) in [5, 5.41) is 8.44. The van der Waals surface area contributed by atoms with E-state index < -0.39 is 5.38 Å². The standard InChI is InChI=1S/C11H9Cl2NO2/c12-8-4-7(9(13)6-14)5-10-11(8)16-3-1-2-15-10/h4-5,9H,1-3H2. The highest BCUT2D eigenvalue weighted by Gasteiger charge is 2.18. The first-order chi connectivity index (χ1) is 7.72. The van der Waals surface area contributed by atoms with Crippen molar-refractivity contribution in [2.24, 2.45) is 0 Å². The lowest BCUT2D eigenvalue weighted by Crippen LogP contribution is -1.97. The van der Waals surface area contributed by atoms with Gasteiger partial charge in [0.15, 0.2) is 11.5 Å². The van der Waals surface area contributed by atoms with Gasteiger partial charge in [0.05, 0.1) is 24.3 Å². The summed E-state index contributed by atoms with van der Waals surface area (Å²) < 4.78 is 11.0. The van der Waals surface area contributed by atoms with Gasteiger partial charge in [0.1, 0.15) is 5.38 Å². The van der Waals surface area contributed by atoms with Gasteiger partial charge in [0, 0.05) is 6.42 Å². The van der Waals surface area contributed by atoms with Crippen molar-refractivity contribution in [1.29, 1.82) is 5.26 Å². The third kappa shape index (κ3) is 2.18. The molecule has 0 aromatic heterocycles. The number of hydrogen-bond acceptors (Lipinski definition) is 3. The van der Waals surface area contributed by atoms with Crippen LogP contribution < -0.4 is 9.47 Å². The minimum atomic E-state index is -0.727. The zero-order valence-electron chi connectivity index (χ0n) is 8.37. The van der Waals surface area contributed by atoms with E-state index in [0.717, 1.165) is 6.42 Å². The van der Waals surface area contributed by atoms with Crippen LogP contribution in [0.3, 0.4) is 0 Å². The number of rotatable bonds is 1. The molecular formula is C11H9Cl2NO2. The molecule has 2 rings (SSSR count). The Morgan fingerprint density at radius 2 is 2.06 bits per heavy atom. The molecule has 1 aromatic rings. The fourth-order valence-corrected chi connectivity index (χ4v) is 1.87. The molecule has 1 atom stereocenters. The van der Waals surface area contributed by atoms with Gasteiger partial charge in [-0.15, -0.1) is 11.6 Å². The van der Waals surface area contributed by atoms with Gasteiger partial charge in [-0.1, -0.05) is 11.6 Å². The van der Waals surface area contributed by atoms with Gasteiger partial charge < -0.3 is 9.47 Å². The third-order valence-electron chi connectivity index (χ3n) is 2.23. The normalized spacial score (nSPS) is 16.1. The quantitative estimate of drug-likeness (QED) is 0.725. The lowest BCUT2D eigenvalue weighted by molar-refractivity contribution is 0.297. The summed E-state index contributed by atoms with van der Waals surface area (Å²) in [4.78, 5) is 0. The van der Waals surface area contributed by atoms with Gasteiger partial charge in [-0.3, -0.25) is 0 Å². The van der Waals surface area contributed by atoms with E-state index in [1.165, 1.54) is 0 Å². The second kappa shape index (κ2) is 4.82. The van der Waals surface area contributed by atoms with Gasteiger partial charge in [-0.05, 0) is 17.7 Å². The van der Waals surface area contributed by atoms with E-state index in [9.17, 15) is 0 Å². The lowest BCUT2D eigenvalue weighted by atomic mass is 10.1. The molecule has 0 radical (unpaired) electrons. The third-order valence-corrected chi connectivity index (χ3v) is 2.86. The molecule has 84 valence electrons. The molecule has 0 amide bonds. The predicted molar refractivity (Wildman–Crippen MR) is 61.3 cm³/mol. The van der Waals surface area contributed by atoms with Crippen molar-refractivity contribution >= 4 is 23.2 Å². The number of ether oxygens (including phenoxy) is 2. The number of alkyl halides is 1. The van der Waals surface area contributed by atoms with Crippen LogP contribution >= 0.6 is 23.2 Å². The van der Waals surface area contributed by atoms with Crippen LogP contribution in [0.2, 0.25) is 5.02 Å². The number of fused-ring (bicyclic) bond motifs is 1. The van der Waals surface area contributed by atoms with E-state index in [2.05, 4.69) is 0 Å². The van der Waals surface area contributed by atoms with Crippen molar-refractivity contribution in [2.45, 2.75) is 11.8 Å². The minimum absolute atomic E-state index is 0.426. The molecule has 1 unspecified atom stereocenters. The van der Waals surface area contributed by atoms with Crippen LogP contribution in [0.1, 0.15) is 17.4 Å². The predicted octanol–water partition coefficient (Wildman–Crippen LogP) is 3.30. The maximum Gasteiger partial charge on any atom is 0.179 e. The van der Waals surface area contributed by atoms with Crippen molar-refractivity contribution < 1.29 is 9.47 Å². The molecule has 0 saturated carbocycles. The molecule has 1 aliphatic rings. The van der Waals surface area contributed by atoms with Crippen molar-refractivity contribution in [2.75, 3.05) is 13.2 Å². The molecular weight excluding hydrogens is 249 g/mol. The zero-order chi connectivity index (χ0) is 11.5. The van der Waals surface area contributed by atoms with E-state index >= 15 is 0 Å². The first kappa shape index (κ1) is 11.4. The summed E-state index contributed by atoms with van der Waals surface area (Å²) in [5.74, 6) is 1.09. The first-order valence-electron chi connectivity index (χ1n) is 4.85. The average Bonchev–Trinajstić information content (AvgIpc) is 2.53. The Hall–Kier alpha value is -1.11. The second-order valence-corrected chi connectivity index (χ2v) is 4.22. The van der Waals surface area contributed by atoms with Gasteiger partial charge >= 0.3 is 0 Å². The summed E-state index contributed by atoms with van der Waals surface area (Å²) in [5.41, 5.74) is 0.624. The van der Waals surface area contributed by atoms with Crippen LogP contribution in [0.4, 0.5) is 0 Å². The van der Waals surface area contributed by atoms with Crippen molar-refractivity contribution in [3.05, 3.63) is 22.7 Å². The Morgan fingerprint density at radius 1 is 1.31 bits per heavy atom. The van der Waals surface area contributed by atoms with E-state index in [0.29, 0.717) is 35.3 Å². The summed E-state index contributed by atoms with van der Waals surface area (Å²) in [6.07, 6.45) is 0.808. The smallest absolute Gasteiger partial charge is 0.179 e. The molecule has 0 N–H and O–H groups in total. The number of benzene rings is 1. The van der Waals surface area contributed by atoms with E-state index in [4.69, 9.17) is 37.9 Å². The Balaban J connectivity index is 2.44. The summed E-state index contributed by atoms with van der Waals surface area (Å²) in [6, 6.07) is 5.28. The maximum absolute atomic E-state index is 8.74. The highest BCUT2D eigenvalue weighted by atomic mass is 35.5. The molecule has 0 fully saturated rings. The Labute approximate surface area is 103 Å². The number of nitrogens with zero attached hydrogens (tertiary/aromatic N) is 1. The van der Waals surface area contributed by atoms with Gasteiger partial charge in [-0.2, -0.15) is 5.26 Å². The fourth-order valence-electron chi connectivity index (χ4n) is 1.47. The van der Waals surface area contributed by atoms with Crippen LogP contribution in [0.5, 0.6) is 11.5 Å². The topological polar surface area (TPSA) is 42.2 Å². The summed E-state index contributed by atoms with van der Waals surface area (Å²) >= 11 is 11.9. The van der Waals surface area contributed by atoms with Gasteiger partial charge in [-0.25, -0.2) is 0 Å². The van der Waals surface area contributed by atoms with E-state index in [1.807, 2.05) is 6.07 Å². The van der Waals surface area contributed by atoms with Crippen LogP contribution in [0.15, 0.2) is 12.1 Å². The zero-order valence-corrected chi connectivity index (χ0v) is 9.88. The van der Waals surface area contributed by atoms with Crippen molar-refractivity contribution in [1.82, 2.24) is 0 Å². The van der Waals surface area contributed by atoms with Crippen LogP contribution in [-0.2, 0) is 0 Å². The van der Waals surface area contributed by atoms with Gasteiger partial charge in [0.25, 0.3) is 0 Å². The molecule has 0 aliphatic carbocycles. The summed E-state index contributed by atoms with van der Waals surface area (Å²) in [7, 11) is 0. The Bertz CT molecular complexity index is 442. The molecule has 5 heteroatoms. The number of halogens is 2. The molecule has 16 heavy (non-hydrogen) atoms. The van der Waals surface area contributed by atoms with Gasteiger partial charge in [0.2, 0.25) is 0 Å². The average molecular weight is 258 g/mol. The first-order valence-corrected chi connectivity index (χ1v) is 5.66. The lowest BCUT2D eigenvalue weighted by Gasteiger charge is -2.11. The van der Waals surface area contributed by atoms with Crippen molar-refractivity contribution in [3.63, 3.8) is 0 Å². The fraction of sp³-hybridized carbons (Fsp3) is 0.364. The van der Waals surface area contributed by atoms with Crippen LogP contribution in [-0.4, -0.2) is 13.2 Å². The number of nitriles is 1. The van der Waals surface area contributed by atoms with Crippen LogP contribution in [0, 0.1) is 11.3 Å².